The normalized spacial score (nSPS) is 12.3. The van der Waals surface area contributed by atoms with Crippen molar-refractivity contribution in [3.05, 3.63) is 51.7 Å². The fourth-order valence-corrected chi connectivity index (χ4v) is 2.77. The van der Waals surface area contributed by atoms with E-state index in [1.807, 2.05) is 0 Å². The highest BCUT2D eigenvalue weighted by atomic mass is 32.1. The Bertz CT molecular complexity index is 522. The van der Waals surface area contributed by atoms with Gasteiger partial charge in [0.1, 0.15) is 12.4 Å². The van der Waals surface area contributed by atoms with Gasteiger partial charge in [-0.05, 0) is 44.3 Å². The molecular formula is C17H23NOS. The van der Waals surface area contributed by atoms with Gasteiger partial charge in [-0.15, -0.1) is 11.3 Å². The van der Waals surface area contributed by atoms with Crippen molar-refractivity contribution in [1.29, 1.82) is 0 Å². The molecule has 1 aromatic carbocycles. The summed E-state index contributed by atoms with van der Waals surface area (Å²) in [6, 6.07) is 10.9. The van der Waals surface area contributed by atoms with Gasteiger partial charge in [0.05, 0.1) is 0 Å². The summed E-state index contributed by atoms with van der Waals surface area (Å²) in [5.41, 5.74) is 2.52. The Balaban J connectivity index is 2.10. The second-order valence-electron chi connectivity index (χ2n) is 5.09. The van der Waals surface area contributed by atoms with Crippen molar-refractivity contribution in [3.63, 3.8) is 0 Å². The lowest BCUT2D eigenvalue weighted by Gasteiger charge is -2.18. The molecule has 1 N–H and O–H groups in total. The van der Waals surface area contributed by atoms with Crippen molar-refractivity contribution >= 4 is 11.3 Å². The predicted molar refractivity (Wildman–Crippen MR) is 86.5 cm³/mol. The highest BCUT2D eigenvalue weighted by Crippen LogP contribution is 2.27. The summed E-state index contributed by atoms with van der Waals surface area (Å²) in [6.45, 7) is 8.18. The first kappa shape index (κ1) is 15.1. The highest BCUT2D eigenvalue weighted by molar-refractivity contribution is 7.09. The van der Waals surface area contributed by atoms with Crippen molar-refractivity contribution in [1.82, 2.24) is 5.32 Å². The third kappa shape index (κ3) is 4.09. The molecule has 108 valence electrons. The van der Waals surface area contributed by atoms with Crippen LogP contribution in [0.5, 0.6) is 5.75 Å². The lowest BCUT2D eigenvalue weighted by atomic mass is 10.0. The highest BCUT2D eigenvalue weighted by Gasteiger charge is 2.11. The first-order valence-corrected chi connectivity index (χ1v) is 8.07. The number of hydrogen-bond donors (Lipinski definition) is 1. The van der Waals surface area contributed by atoms with Crippen LogP contribution in [0.3, 0.4) is 0 Å². The van der Waals surface area contributed by atoms with Crippen LogP contribution in [-0.2, 0) is 6.61 Å². The quantitative estimate of drug-likeness (QED) is 0.798. The fourth-order valence-electron chi connectivity index (χ4n) is 2.15. The number of benzene rings is 1. The molecule has 1 unspecified atom stereocenters. The molecule has 0 bridgehead atoms. The average molecular weight is 289 g/mol. The Kier molecular flexibility index (Phi) is 5.62. The third-order valence-electron chi connectivity index (χ3n) is 3.28. The molecule has 0 aliphatic heterocycles. The first-order valence-electron chi connectivity index (χ1n) is 7.19. The monoisotopic (exact) mass is 289 g/mol. The van der Waals surface area contributed by atoms with Crippen LogP contribution in [0.1, 0.15) is 42.3 Å². The van der Waals surface area contributed by atoms with Gasteiger partial charge < -0.3 is 10.1 Å². The van der Waals surface area contributed by atoms with Gasteiger partial charge in [-0.25, -0.2) is 0 Å². The molecule has 2 aromatic rings. The SMILES string of the molecule is CCCNC(C)c1cc(C)ccc1OCc1cccs1. The smallest absolute Gasteiger partial charge is 0.124 e. The van der Waals surface area contributed by atoms with Crippen LogP contribution in [0.2, 0.25) is 0 Å². The number of rotatable bonds is 7. The molecule has 1 aromatic heterocycles. The van der Waals surface area contributed by atoms with Crippen molar-refractivity contribution in [3.8, 4) is 5.75 Å². The molecule has 20 heavy (non-hydrogen) atoms. The minimum atomic E-state index is 0.313. The van der Waals surface area contributed by atoms with Gasteiger partial charge in [0.25, 0.3) is 0 Å². The summed E-state index contributed by atoms with van der Waals surface area (Å²) in [6.07, 6.45) is 1.14. The van der Waals surface area contributed by atoms with Crippen LogP contribution in [0.15, 0.2) is 35.7 Å². The van der Waals surface area contributed by atoms with E-state index >= 15 is 0 Å². The van der Waals surface area contributed by atoms with Gasteiger partial charge in [-0.3, -0.25) is 0 Å². The molecule has 2 nitrogen and oxygen atoms in total. The van der Waals surface area contributed by atoms with E-state index in [1.54, 1.807) is 11.3 Å². The maximum atomic E-state index is 6.01. The molecule has 0 radical (unpaired) electrons. The molecule has 0 spiro atoms. The van der Waals surface area contributed by atoms with Gasteiger partial charge in [-0.1, -0.05) is 30.7 Å². The van der Waals surface area contributed by atoms with Crippen LogP contribution in [0.4, 0.5) is 0 Å². The number of hydrogen-bond acceptors (Lipinski definition) is 3. The second-order valence-corrected chi connectivity index (χ2v) is 6.12. The van der Waals surface area contributed by atoms with Gasteiger partial charge in [0, 0.05) is 16.5 Å². The zero-order chi connectivity index (χ0) is 14.4. The Hall–Kier alpha value is -1.32. The van der Waals surface area contributed by atoms with Gasteiger partial charge in [-0.2, -0.15) is 0 Å². The zero-order valence-electron chi connectivity index (χ0n) is 12.5. The predicted octanol–water partition coefficient (Wildman–Crippen LogP) is 4.70. The maximum absolute atomic E-state index is 6.01. The van der Waals surface area contributed by atoms with E-state index in [1.165, 1.54) is 16.0 Å². The Morgan fingerprint density at radius 1 is 1.30 bits per heavy atom. The average Bonchev–Trinajstić information content (AvgIpc) is 2.96. The first-order chi connectivity index (χ1) is 9.70. The van der Waals surface area contributed by atoms with E-state index in [-0.39, 0.29) is 0 Å². The van der Waals surface area contributed by atoms with E-state index in [2.05, 4.69) is 61.8 Å². The molecule has 0 amide bonds. The van der Waals surface area contributed by atoms with Crippen LogP contribution in [0.25, 0.3) is 0 Å². The molecule has 0 aliphatic carbocycles. The van der Waals surface area contributed by atoms with Gasteiger partial charge in [0.15, 0.2) is 0 Å². The Morgan fingerprint density at radius 3 is 2.85 bits per heavy atom. The summed E-state index contributed by atoms with van der Waals surface area (Å²) in [5.74, 6) is 0.986. The van der Waals surface area contributed by atoms with Crippen LogP contribution in [0, 0.1) is 6.92 Å². The van der Waals surface area contributed by atoms with E-state index < -0.39 is 0 Å². The van der Waals surface area contributed by atoms with E-state index in [4.69, 9.17) is 4.74 Å². The van der Waals surface area contributed by atoms with E-state index in [9.17, 15) is 0 Å². The minimum Gasteiger partial charge on any atom is -0.488 e. The molecule has 0 aliphatic rings. The van der Waals surface area contributed by atoms with Crippen molar-refractivity contribution in [2.45, 2.75) is 39.8 Å². The van der Waals surface area contributed by atoms with E-state index in [0.717, 1.165) is 18.7 Å². The minimum absolute atomic E-state index is 0.313. The Labute approximate surface area is 125 Å². The molecular weight excluding hydrogens is 266 g/mol. The Morgan fingerprint density at radius 2 is 2.15 bits per heavy atom. The molecule has 3 heteroatoms. The molecule has 0 fully saturated rings. The molecule has 1 atom stereocenters. The molecule has 2 rings (SSSR count). The summed E-state index contributed by atoms with van der Waals surface area (Å²) in [4.78, 5) is 1.26. The maximum Gasteiger partial charge on any atom is 0.124 e. The third-order valence-corrected chi connectivity index (χ3v) is 4.13. The van der Waals surface area contributed by atoms with Crippen LogP contribution >= 0.6 is 11.3 Å². The molecule has 1 heterocycles. The second kappa shape index (κ2) is 7.46. The van der Waals surface area contributed by atoms with Crippen molar-refractivity contribution < 1.29 is 4.74 Å². The number of nitrogens with one attached hydrogen (secondary N) is 1. The fraction of sp³-hybridized carbons (Fsp3) is 0.412. The summed E-state index contributed by atoms with van der Waals surface area (Å²) in [5, 5.41) is 5.62. The lowest BCUT2D eigenvalue weighted by molar-refractivity contribution is 0.303. The van der Waals surface area contributed by atoms with Crippen molar-refractivity contribution in [2.24, 2.45) is 0 Å². The van der Waals surface area contributed by atoms with Gasteiger partial charge >= 0.3 is 0 Å². The van der Waals surface area contributed by atoms with E-state index in [0.29, 0.717) is 12.6 Å². The standard InChI is InChI=1S/C17H23NOS/c1-4-9-18-14(3)16-11-13(2)7-8-17(16)19-12-15-6-5-10-20-15/h5-8,10-11,14,18H,4,9,12H2,1-3H3. The van der Waals surface area contributed by atoms with Crippen LogP contribution < -0.4 is 10.1 Å². The summed E-state index contributed by atoms with van der Waals surface area (Å²) < 4.78 is 6.01. The topological polar surface area (TPSA) is 21.3 Å². The summed E-state index contributed by atoms with van der Waals surface area (Å²) in [7, 11) is 0. The van der Waals surface area contributed by atoms with Gasteiger partial charge in [0.2, 0.25) is 0 Å². The molecule has 0 saturated heterocycles. The largest absolute Gasteiger partial charge is 0.488 e. The lowest BCUT2D eigenvalue weighted by Crippen LogP contribution is -2.20. The summed E-state index contributed by atoms with van der Waals surface area (Å²) >= 11 is 1.73. The number of thiophene rings is 1. The van der Waals surface area contributed by atoms with Crippen LogP contribution in [-0.4, -0.2) is 6.54 Å². The zero-order valence-corrected chi connectivity index (χ0v) is 13.3. The number of ether oxygens (including phenoxy) is 1. The molecule has 0 saturated carbocycles. The van der Waals surface area contributed by atoms with Crippen molar-refractivity contribution in [2.75, 3.05) is 6.54 Å². The number of aryl methyl sites for hydroxylation is 1.